The number of hydrogen-bond acceptors (Lipinski definition) is 4. The van der Waals surface area contributed by atoms with Crippen LogP contribution in [0, 0.1) is 23.2 Å². The first kappa shape index (κ1) is 18.8. The number of carbonyl (C=O) groups is 3. The first-order valence-electron chi connectivity index (χ1n) is 9.51. The van der Waals surface area contributed by atoms with Crippen molar-refractivity contribution in [2.45, 2.75) is 49.6 Å². The molecule has 1 aromatic rings. The fourth-order valence-corrected chi connectivity index (χ4v) is 4.96. The SMILES string of the molecule is N#C[C@@](NC(=O)[C@H]1C[C@@]2(C1)NC(=O)NC2=O)(c1cccc(Cl)c1)C1CCCC1. The third-order valence-corrected chi connectivity index (χ3v) is 6.55. The molecule has 146 valence electrons. The molecule has 7 nitrogen and oxygen atoms in total. The molecule has 3 N–H and O–H groups in total. The van der Waals surface area contributed by atoms with E-state index in [0.717, 1.165) is 25.7 Å². The number of nitrogens with one attached hydrogen (secondary N) is 3. The highest BCUT2D eigenvalue weighted by Crippen LogP contribution is 2.44. The van der Waals surface area contributed by atoms with Crippen molar-refractivity contribution >= 4 is 29.4 Å². The number of urea groups is 1. The number of amides is 4. The molecule has 1 spiro atoms. The zero-order valence-electron chi connectivity index (χ0n) is 15.3. The second kappa shape index (κ2) is 6.78. The molecule has 1 heterocycles. The number of hydrogen-bond donors (Lipinski definition) is 3. The molecule has 1 atom stereocenters. The number of carbonyl (C=O) groups excluding carboxylic acids is 3. The van der Waals surface area contributed by atoms with Crippen molar-refractivity contribution in [3.05, 3.63) is 34.9 Å². The normalized spacial score (nSPS) is 28.8. The van der Waals surface area contributed by atoms with Gasteiger partial charge in [-0.05, 0) is 49.3 Å². The van der Waals surface area contributed by atoms with Crippen LogP contribution in [0.4, 0.5) is 4.79 Å². The molecule has 1 aromatic carbocycles. The van der Waals surface area contributed by atoms with E-state index in [1.807, 2.05) is 6.07 Å². The largest absolute Gasteiger partial charge is 0.334 e. The Morgan fingerprint density at radius 2 is 2.00 bits per heavy atom. The number of halogens is 1. The summed E-state index contributed by atoms with van der Waals surface area (Å²) < 4.78 is 0. The van der Waals surface area contributed by atoms with Gasteiger partial charge in [0.1, 0.15) is 5.54 Å². The highest BCUT2D eigenvalue weighted by atomic mass is 35.5. The summed E-state index contributed by atoms with van der Waals surface area (Å²) in [5.74, 6) is -1.09. The molecule has 0 unspecified atom stereocenters. The Labute approximate surface area is 167 Å². The van der Waals surface area contributed by atoms with E-state index < -0.39 is 28.9 Å². The van der Waals surface area contributed by atoms with Gasteiger partial charge in [0.05, 0.1) is 6.07 Å². The highest BCUT2D eigenvalue weighted by Gasteiger charge is 2.58. The zero-order valence-corrected chi connectivity index (χ0v) is 16.0. The predicted octanol–water partition coefficient (Wildman–Crippen LogP) is 2.35. The highest BCUT2D eigenvalue weighted by molar-refractivity contribution is 6.30. The van der Waals surface area contributed by atoms with Gasteiger partial charge in [0.25, 0.3) is 5.91 Å². The second-order valence-corrected chi connectivity index (χ2v) is 8.43. The van der Waals surface area contributed by atoms with E-state index in [-0.39, 0.29) is 24.7 Å². The fourth-order valence-electron chi connectivity index (χ4n) is 4.77. The van der Waals surface area contributed by atoms with Crippen molar-refractivity contribution in [3.63, 3.8) is 0 Å². The molecular weight excluding hydrogens is 380 g/mol. The van der Waals surface area contributed by atoms with Crippen LogP contribution < -0.4 is 16.0 Å². The molecule has 0 radical (unpaired) electrons. The van der Waals surface area contributed by atoms with Crippen LogP contribution in [0.3, 0.4) is 0 Å². The Morgan fingerprint density at radius 3 is 2.57 bits per heavy atom. The van der Waals surface area contributed by atoms with Crippen LogP contribution in [-0.2, 0) is 15.1 Å². The lowest BCUT2D eigenvalue weighted by Crippen LogP contribution is -2.62. The summed E-state index contributed by atoms with van der Waals surface area (Å²) in [5.41, 5.74) is -1.45. The van der Waals surface area contributed by atoms with Gasteiger partial charge >= 0.3 is 6.03 Å². The molecule has 1 aliphatic heterocycles. The van der Waals surface area contributed by atoms with Crippen molar-refractivity contribution in [1.82, 2.24) is 16.0 Å². The number of nitriles is 1. The topological polar surface area (TPSA) is 111 Å². The summed E-state index contributed by atoms with van der Waals surface area (Å²) in [7, 11) is 0. The van der Waals surface area contributed by atoms with Crippen molar-refractivity contribution in [1.29, 1.82) is 5.26 Å². The molecule has 4 rings (SSSR count). The second-order valence-electron chi connectivity index (χ2n) is 8.00. The molecule has 8 heteroatoms. The maximum Gasteiger partial charge on any atom is 0.322 e. The molecule has 2 saturated carbocycles. The predicted molar refractivity (Wildman–Crippen MR) is 101 cm³/mol. The quantitative estimate of drug-likeness (QED) is 0.673. The summed E-state index contributed by atoms with van der Waals surface area (Å²) in [4.78, 5) is 36.4. The van der Waals surface area contributed by atoms with Crippen molar-refractivity contribution in [2.24, 2.45) is 11.8 Å². The van der Waals surface area contributed by atoms with Crippen LogP contribution in [0.5, 0.6) is 0 Å². The van der Waals surface area contributed by atoms with Gasteiger partial charge in [0.2, 0.25) is 5.91 Å². The minimum absolute atomic E-state index is 0.00318. The van der Waals surface area contributed by atoms with E-state index in [1.165, 1.54) is 0 Å². The number of imide groups is 1. The van der Waals surface area contributed by atoms with Gasteiger partial charge in [-0.1, -0.05) is 36.6 Å². The molecular formula is C20H21ClN4O3. The Balaban J connectivity index is 1.57. The number of benzene rings is 1. The molecule has 2 aliphatic carbocycles. The van der Waals surface area contributed by atoms with Crippen LogP contribution in [-0.4, -0.2) is 23.4 Å². The zero-order chi connectivity index (χ0) is 19.9. The standard InChI is InChI=1S/C20H21ClN4O3/c21-15-7-3-6-14(8-15)20(11-22,13-4-1-2-5-13)24-16(26)12-9-19(10-12)17(27)23-18(28)25-19/h3,6-8,12-13H,1-2,4-5,9-10H2,(H,24,26)(H2,23,25,27,28)/t12-,19-,20-/m0/s1. The average Bonchev–Trinajstić information content (AvgIpc) is 3.26. The smallest absolute Gasteiger partial charge is 0.322 e. The van der Waals surface area contributed by atoms with Crippen LogP contribution in [0.2, 0.25) is 5.02 Å². The van der Waals surface area contributed by atoms with Crippen LogP contribution in [0.1, 0.15) is 44.1 Å². The van der Waals surface area contributed by atoms with E-state index in [4.69, 9.17) is 11.6 Å². The molecule has 3 fully saturated rings. The number of rotatable bonds is 4. The van der Waals surface area contributed by atoms with Crippen molar-refractivity contribution in [3.8, 4) is 6.07 Å². The molecule has 28 heavy (non-hydrogen) atoms. The van der Waals surface area contributed by atoms with E-state index in [2.05, 4.69) is 22.0 Å². The van der Waals surface area contributed by atoms with E-state index in [9.17, 15) is 19.6 Å². The van der Waals surface area contributed by atoms with Gasteiger partial charge in [-0.15, -0.1) is 0 Å². The summed E-state index contributed by atoms with van der Waals surface area (Å²) >= 11 is 6.16. The lowest BCUT2D eigenvalue weighted by atomic mass is 9.67. The van der Waals surface area contributed by atoms with Crippen LogP contribution >= 0.6 is 11.6 Å². The monoisotopic (exact) mass is 400 g/mol. The Hall–Kier alpha value is -2.59. The van der Waals surface area contributed by atoms with E-state index in [0.29, 0.717) is 10.6 Å². The summed E-state index contributed by atoms with van der Waals surface area (Å²) in [6.45, 7) is 0. The lowest BCUT2D eigenvalue weighted by Gasteiger charge is -2.43. The van der Waals surface area contributed by atoms with Crippen LogP contribution in [0.25, 0.3) is 0 Å². The van der Waals surface area contributed by atoms with Gasteiger partial charge in [-0.2, -0.15) is 5.26 Å². The fraction of sp³-hybridized carbons (Fsp3) is 0.500. The molecule has 3 aliphatic rings. The van der Waals surface area contributed by atoms with Crippen molar-refractivity contribution in [2.75, 3.05) is 0 Å². The van der Waals surface area contributed by atoms with Crippen LogP contribution in [0.15, 0.2) is 24.3 Å². The molecule has 0 aromatic heterocycles. The molecule has 1 saturated heterocycles. The van der Waals surface area contributed by atoms with Gasteiger partial charge in [-0.25, -0.2) is 4.79 Å². The molecule has 0 bridgehead atoms. The third-order valence-electron chi connectivity index (χ3n) is 6.32. The van der Waals surface area contributed by atoms with E-state index >= 15 is 0 Å². The Bertz CT molecular complexity index is 884. The summed E-state index contributed by atoms with van der Waals surface area (Å²) in [6.07, 6.45) is 4.21. The minimum Gasteiger partial charge on any atom is -0.334 e. The number of nitrogens with zero attached hydrogens (tertiary/aromatic N) is 1. The third kappa shape index (κ3) is 2.92. The average molecular weight is 401 g/mol. The Kier molecular flexibility index (Phi) is 4.54. The first-order valence-corrected chi connectivity index (χ1v) is 9.89. The van der Waals surface area contributed by atoms with Gasteiger partial charge in [0.15, 0.2) is 5.54 Å². The summed E-state index contributed by atoms with van der Waals surface area (Å²) in [6, 6.07) is 8.91. The molecule has 4 amide bonds. The van der Waals surface area contributed by atoms with Gasteiger partial charge < -0.3 is 10.6 Å². The first-order chi connectivity index (χ1) is 13.4. The maximum absolute atomic E-state index is 13.0. The minimum atomic E-state index is -1.15. The van der Waals surface area contributed by atoms with Gasteiger partial charge in [0, 0.05) is 10.9 Å². The Morgan fingerprint density at radius 1 is 1.29 bits per heavy atom. The summed E-state index contributed by atoms with van der Waals surface area (Å²) in [5, 5.41) is 18.5. The lowest BCUT2D eigenvalue weighted by molar-refractivity contribution is -0.137. The van der Waals surface area contributed by atoms with E-state index in [1.54, 1.807) is 18.2 Å². The van der Waals surface area contributed by atoms with Crippen molar-refractivity contribution < 1.29 is 14.4 Å². The maximum atomic E-state index is 13.0. The van der Waals surface area contributed by atoms with Gasteiger partial charge in [-0.3, -0.25) is 14.9 Å².